The van der Waals surface area contributed by atoms with Crippen LogP contribution in [0.5, 0.6) is 17.2 Å². The molecule has 0 spiro atoms. The van der Waals surface area contributed by atoms with Crippen LogP contribution in [0.15, 0.2) is 67.0 Å². The number of aromatic nitrogens is 4. The zero-order valence-corrected chi connectivity index (χ0v) is 17.9. The second kappa shape index (κ2) is 8.99. The van der Waals surface area contributed by atoms with Gasteiger partial charge in [-0.3, -0.25) is 4.79 Å². The summed E-state index contributed by atoms with van der Waals surface area (Å²) in [6.45, 7) is 0.708. The Labute approximate surface area is 189 Å². The van der Waals surface area contributed by atoms with E-state index >= 15 is 0 Å². The molecule has 3 aromatic carbocycles. The lowest BCUT2D eigenvalue weighted by Crippen LogP contribution is -2.26. The number of benzene rings is 3. The molecular weight excluding hydrogens is 422 g/mol. The number of tetrazole rings is 1. The predicted octanol–water partition coefficient (Wildman–Crippen LogP) is 3.04. The summed E-state index contributed by atoms with van der Waals surface area (Å²) in [5, 5.41) is 14.4. The molecule has 9 heteroatoms. The summed E-state index contributed by atoms with van der Waals surface area (Å²) in [4.78, 5) is 13.0. The van der Waals surface area contributed by atoms with Crippen LogP contribution >= 0.6 is 0 Å². The van der Waals surface area contributed by atoms with Crippen LogP contribution < -0.4 is 19.5 Å². The maximum atomic E-state index is 13.0. The number of hydrogen-bond acceptors (Lipinski definition) is 7. The summed E-state index contributed by atoms with van der Waals surface area (Å²) in [6.07, 6.45) is 2.15. The van der Waals surface area contributed by atoms with Crippen molar-refractivity contribution in [2.75, 3.05) is 20.4 Å². The van der Waals surface area contributed by atoms with E-state index in [-0.39, 0.29) is 12.7 Å². The molecule has 0 atom stereocenters. The maximum Gasteiger partial charge on any atom is 0.251 e. The summed E-state index contributed by atoms with van der Waals surface area (Å²) < 4.78 is 17.8. The topological polar surface area (TPSA) is 100 Å². The van der Waals surface area contributed by atoms with Gasteiger partial charge >= 0.3 is 0 Å². The Bertz CT molecular complexity index is 1290. The minimum absolute atomic E-state index is 0.193. The fourth-order valence-corrected chi connectivity index (χ4v) is 3.71. The molecule has 4 aromatic rings. The van der Waals surface area contributed by atoms with Gasteiger partial charge in [-0.1, -0.05) is 24.3 Å². The van der Waals surface area contributed by atoms with Crippen LogP contribution in [0, 0.1) is 0 Å². The lowest BCUT2D eigenvalue weighted by molar-refractivity contribution is 0.0954. The van der Waals surface area contributed by atoms with E-state index in [1.807, 2.05) is 54.6 Å². The molecule has 1 N–H and O–H groups in total. The van der Waals surface area contributed by atoms with Crippen LogP contribution in [0.3, 0.4) is 0 Å². The highest BCUT2D eigenvalue weighted by Gasteiger charge is 2.15. The number of amides is 1. The van der Waals surface area contributed by atoms with Crippen molar-refractivity contribution in [2.24, 2.45) is 0 Å². The maximum absolute atomic E-state index is 13.0. The molecular formula is C24H21N5O4. The molecule has 0 unspecified atom stereocenters. The van der Waals surface area contributed by atoms with Crippen molar-refractivity contribution in [3.63, 3.8) is 0 Å². The summed E-state index contributed by atoms with van der Waals surface area (Å²) in [5.41, 5.74) is 3.90. The smallest absolute Gasteiger partial charge is 0.251 e. The van der Waals surface area contributed by atoms with Gasteiger partial charge in [0.2, 0.25) is 6.79 Å². The van der Waals surface area contributed by atoms with Gasteiger partial charge in [-0.2, -0.15) is 0 Å². The first-order valence-electron chi connectivity index (χ1n) is 10.4. The van der Waals surface area contributed by atoms with E-state index in [1.54, 1.807) is 13.2 Å². The van der Waals surface area contributed by atoms with Gasteiger partial charge in [0, 0.05) is 17.7 Å². The quantitative estimate of drug-likeness (QED) is 0.469. The molecule has 5 rings (SSSR count). The van der Waals surface area contributed by atoms with Gasteiger partial charge in [-0.15, -0.1) is 5.10 Å². The highest BCUT2D eigenvalue weighted by atomic mass is 16.7. The number of fused-ring (bicyclic) bond motifs is 1. The number of ether oxygens (including phenoxy) is 3. The molecule has 1 aliphatic rings. The van der Waals surface area contributed by atoms with Crippen LogP contribution in [0.25, 0.3) is 16.8 Å². The van der Waals surface area contributed by atoms with Gasteiger partial charge in [0.15, 0.2) is 11.5 Å². The molecule has 0 saturated carbocycles. The van der Waals surface area contributed by atoms with Crippen LogP contribution in [0.4, 0.5) is 0 Å². The Balaban J connectivity index is 1.38. The molecule has 0 fully saturated rings. The van der Waals surface area contributed by atoms with Gasteiger partial charge in [0.05, 0.1) is 12.8 Å². The molecule has 166 valence electrons. The number of nitrogens with zero attached hydrogens (tertiary/aromatic N) is 4. The van der Waals surface area contributed by atoms with E-state index in [2.05, 4.69) is 20.8 Å². The van der Waals surface area contributed by atoms with Gasteiger partial charge in [-0.25, -0.2) is 4.68 Å². The van der Waals surface area contributed by atoms with Crippen molar-refractivity contribution in [2.45, 2.75) is 6.42 Å². The average molecular weight is 443 g/mol. The summed E-state index contributed by atoms with van der Waals surface area (Å²) >= 11 is 0. The Morgan fingerprint density at radius 2 is 1.97 bits per heavy atom. The van der Waals surface area contributed by atoms with Gasteiger partial charge < -0.3 is 19.5 Å². The van der Waals surface area contributed by atoms with E-state index in [0.717, 1.165) is 28.2 Å². The first-order chi connectivity index (χ1) is 16.2. The van der Waals surface area contributed by atoms with Gasteiger partial charge in [0.1, 0.15) is 12.1 Å². The molecule has 9 nitrogen and oxygen atoms in total. The third-order valence-electron chi connectivity index (χ3n) is 5.35. The van der Waals surface area contributed by atoms with E-state index in [4.69, 9.17) is 14.2 Å². The SMILES string of the molecule is COc1ccccc1-c1cc(C(=O)NCCc2ccc3c(c2)OCO3)cc(-n2cnnn2)c1. The highest BCUT2D eigenvalue weighted by Crippen LogP contribution is 2.33. The van der Waals surface area contributed by atoms with Gasteiger partial charge in [-0.05, 0) is 64.4 Å². The fourth-order valence-electron chi connectivity index (χ4n) is 3.71. The van der Waals surface area contributed by atoms with Crippen LogP contribution in [-0.4, -0.2) is 46.6 Å². The van der Waals surface area contributed by atoms with E-state index < -0.39 is 0 Å². The van der Waals surface area contributed by atoms with E-state index in [0.29, 0.717) is 30.0 Å². The largest absolute Gasteiger partial charge is 0.496 e. The predicted molar refractivity (Wildman–Crippen MR) is 120 cm³/mol. The van der Waals surface area contributed by atoms with Crippen molar-refractivity contribution in [3.8, 4) is 34.1 Å². The normalized spacial score (nSPS) is 11.9. The molecule has 0 aliphatic carbocycles. The third kappa shape index (κ3) is 4.33. The monoisotopic (exact) mass is 443 g/mol. The van der Waals surface area contributed by atoms with Crippen molar-refractivity contribution in [1.82, 2.24) is 25.5 Å². The Kier molecular flexibility index (Phi) is 5.59. The summed E-state index contributed by atoms with van der Waals surface area (Å²) in [6, 6.07) is 18.9. The first-order valence-corrected chi connectivity index (χ1v) is 10.4. The molecule has 0 radical (unpaired) electrons. The standard InChI is InChI=1S/C24H21N5O4/c1-31-21-5-3-2-4-20(21)17-11-18(13-19(12-17)29-14-26-27-28-29)24(30)25-9-8-16-6-7-22-23(10-16)33-15-32-22/h2-7,10-14H,8-9,15H2,1H3,(H,25,30). The molecule has 33 heavy (non-hydrogen) atoms. The average Bonchev–Trinajstić information content (AvgIpc) is 3.56. The molecule has 0 bridgehead atoms. The van der Waals surface area contributed by atoms with Crippen molar-refractivity contribution >= 4 is 5.91 Å². The van der Waals surface area contributed by atoms with Crippen LogP contribution in [-0.2, 0) is 6.42 Å². The molecule has 1 aliphatic heterocycles. The molecule has 1 aromatic heterocycles. The second-order valence-electron chi connectivity index (χ2n) is 7.42. The summed E-state index contributed by atoms with van der Waals surface area (Å²) in [5.74, 6) is 1.99. The third-order valence-corrected chi connectivity index (χ3v) is 5.35. The van der Waals surface area contributed by atoms with Gasteiger partial charge in [0.25, 0.3) is 5.91 Å². The number of nitrogens with one attached hydrogen (secondary N) is 1. The fraction of sp³-hybridized carbons (Fsp3) is 0.167. The second-order valence-corrected chi connectivity index (χ2v) is 7.42. The number of para-hydroxylation sites is 1. The zero-order chi connectivity index (χ0) is 22.6. The Hall–Kier alpha value is -4.40. The summed E-state index contributed by atoms with van der Waals surface area (Å²) in [7, 11) is 1.62. The zero-order valence-electron chi connectivity index (χ0n) is 17.9. The molecule has 0 saturated heterocycles. The number of carbonyl (C=O) groups excluding carboxylic acids is 1. The minimum Gasteiger partial charge on any atom is -0.496 e. The lowest BCUT2D eigenvalue weighted by atomic mass is 10.0. The molecule has 1 amide bonds. The number of hydrogen-bond donors (Lipinski definition) is 1. The highest BCUT2D eigenvalue weighted by molar-refractivity contribution is 5.96. The van der Waals surface area contributed by atoms with Crippen molar-refractivity contribution in [1.29, 1.82) is 0 Å². The number of rotatable bonds is 7. The van der Waals surface area contributed by atoms with Crippen molar-refractivity contribution < 1.29 is 19.0 Å². The van der Waals surface area contributed by atoms with Crippen molar-refractivity contribution in [3.05, 3.63) is 78.1 Å². The lowest BCUT2D eigenvalue weighted by Gasteiger charge is -2.13. The number of carbonyl (C=O) groups is 1. The van der Waals surface area contributed by atoms with Crippen LogP contribution in [0.1, 0.15) is 15.9 Å². The number of methoxy groups -OCH3 is 1. The Morgan fingerprint density at radius 1 is 1.09 bits per heavy atom. The Morgan fingerprint density at radius 3 is 2.82 bits per heavy atom. The van der Waals surface area contributed by atoms with E-state index in [1.165, 1.54) is 11.0 Å². The molecule has 2 heterocycles. The first kappa shape index (κ1) is 20.5. The minimum atomic E-state index is -0.193. The van der Waals surface area contributed by atoms with E-state index in [9.17, 15) is 4.79 Å². The van der Waals surface area contributed by atoms with Crippen LogP contribution in [0.2, 0.25) is 0 Å².